The average Bonchev–Trinajstić information content (AvgIpc) is 2.50. The number of rotatable bonds is 6. The number of pyridine rings is 1. The lowest BCUT2D eigenvalue weighted by Gasteiger charge is -2.16. The van der Waals surface area contributed by atoms with Crippen LogP contribution in [-0.4, -0.2) is 40.0 Å². The first kappa shape index (κ1) is 16.9. The molecule has 1 aromatic rings. The molecule has 2 rings (SSSR count). The van der Waals surface area contributed by atoms with Crippen molar-refractivity contribution in [2.45, 2.75) is 30.3 Å². The molecular weight excluding hydrogens is 326 g/mol. The summed E-state index contributed by atoms with van der Waals surface area (Å²) in [5.41, 5.74) is 0. The van der Waals surface area contributed by atoms with E-state index in [0.29, 0.717) is 29.6 Å². The fourth-order valence-corrected chi connectivity index (χ4v) is 4.30. The van der Waals surface area contributed by atoms with Gasteiger partial charge in [0.2, 0.25) is 6.04 Å². The number of hydrogen-bond donors (Lipinski definition) is 2. The summed E-state index contributed by atoms with van der Waals surface area (Å²) in [6.07, 6.45) is 3.79. The number of nitrogens with two attached hydrogens (primary N) is 1. The lowest BCUT2D eigenvalue weighted by Crippen LogP contribution is -2.97. The minimum absolute atomic E-state index is 0.298. The van der Waals surface area contributed by atoms with E-state index in [1.165, 1.54) is 27.8 Å². The van der Waals surface area contributed by atoms with Crippen molar-refractivity contribution >= 4 is 33.4 Å². The van der Waals surface area contributed by atoms with E-state index in [2.05, 4.69) is 0 Å². The number of hydrogen-bond acceptors (Lipinski definition) is 5. The van der Waals surface area contributed by atoms with Crippen molar-refractivity contribution in [2.24, 2.45) is 0 Å². The van der Waals surface area contributed by atoms with Crippen molar-refractivity contribution in [3.05, 3.63) is 34.8 Å². The van der Waals surface area contributed by atoms with Crippen molar-refractivity contribution in [3.63, 3.8) is 0 Å². The second-order valence-electron chi connectivity index (χ2n) is 4.89. The van der Waals surface area contributed by atoms with Gasteiger partial charge in [0, 0.05) is 29.3 Å². The van der Waals surface area contributed by atoms with Crippen molar-refractivity contribution in [1.82, 2.24) is 0 Å². The predicted octanol–water partition coefficient (Wildman–Crippen LogP) is 0.170. The van der Waals surface area contributed by atoms with Crippen LogP contribution < -0.4 is 10.0 Å². The van der Waals surface area contributed by atoms with Crippen LogP contribution >= 0.6 is 21.6 Å². The fraction of sp³-hybridized carbons (Fsp3) is 0.462. The van der Waals surface area contributed by atoms with Gasteiger partial charge in [0.1, 0.15) is 0 Å². The number of amidine groups is 1. The van der Waals surface area contributed by atoms with Gasteiger partial charge in [-0.25, -0.2) is 10.1 Å². The van der Waals surface area contributed by atoms with Gasteiger partial charge in [-0.1, -0.05) is 10.8 Å². The summed E-state index contributed by atoms with van der Waals surface area (Å²) in [5.74, 6) is -0.0998. The van der Waals surface area contributed by atoms with Gasteiger partial charge >= 0.3 is 11.8 Å². The Morgan fingerprint density at radius 1 is 1.41 bits per heavy atom. The SMILES string of the molecule is O=C(O)C(CSSc1cccc[n+]1[O-])[NH2+]C1=[N+]([O-])CCCC1. The van der Waals surface area contributed by atoms with E-state index in [9.17, 15) is 20.3 Å². The number of aliphatic carboxylic acids is 1. The molecule has 0 saturated carbocycles. The summed E-state index contributed by atoms with van der Waals surface area (Å²) in [4.78, 5) is 11.3. The van der Waals surface area contributed by atoms with Gasteiger partial charge in [-0.2, -0.15) is 9.47 Å². The number of carboxylic acids is 1. The Morgan fingerprint density at radius 2 is 2.23 bits per heavy atom. The first-order valence-electron chi connectivity index (χ1n) is 6.94. The van der Waals surface area contributed by atoms with E-state index in [-0.39, 0.29) is 0 Å². The first-order chi connectivity index (χ1) is 10.6. The molecule has 0 amide bonds. The fourth-order valence-electron chi connectivity index (χ4n) is 2.06. The van der Waals surface area contributed by atoms with Gasteiger partial charge in [0.15, 0.2) is 12.7 Å². The van der Waals surface area contributed by atoms with Gasteiger partial charge < -0.3 is 15.5 Å². The number of aromatic nitrogens is 1. The molecule has 0 radical (unpaired) electrons. The maximum absolute atomic E-state index is 11.7. The number of quaternary nitrogens is 1. The molecule has 0 aromatic carbocycles. The molecule has 1 aliphatic rings. The summed E-state index contributed by atoms with van der Waals surface area (Å²) in [5, 5.41) is 34.5. The Kier molecular flexibility index (Phi) is 6.34. The van der Waals surface area contributed by atoms with E-state index in [1.54, 1.807) is 23.5 Å². The van der Waals surface area contributed by atoms with Crippen LogP contribution in [0.15, 0.2) is 29.4 Å². The molecule has 1 aliphatic heterocycles. The highest BCUT2D eigenvalue weighted by Crippen LogP contribution is 2.28. The molecule has 1 unspecified atom stereocenters. The predicted molar refractivity (Wildman–Crippen MR) is 84.4 cm³/mol. The first-order valence-corrected chi connectivity index (χ1v) is 9.25. The standard InChI is InChI=1S/C13H17N3O4S2/c17-13(18)10(14-11-5-1-3-7-15(11)19)9-21-22-12-6-2-4-8-16(12)20/h2,4,6,8,10,14H,1,3,5,7,9H2,(H,17,18)/p+1. The van der Waals surface area contributed by atoms with E-state index < -0.39 is 12.0 Å². The number of carboxylic acid groups (broad SMARTS) is 1. The van der Waals surface area contributed by atoms with Gasteiger partial charge in [-0.3, -0.25) is 0 Å². The summed E-state index contributed by atoms with van der Waals surface area (Å²) >= 11 is 0. The lowest BCUT2D eigenvalue weighted by atomic mass is 10.1. The topological polar surface area (TPSA) is 107 Å². The maximum atomic E-state index is 11.7. The minimum atomic E-state index is -0.956. The van der Waals surface area contributed by atoms with Crippen LogP contribution in [-0.2, 0) is 4.79 Å². The molecule has 1 aromatic heterocycles. The lowest BCUT2D eigenvalue weighted by molar-refractivity contribution is -0.645. The minimum Gasteiger partial charge on any atom is -0.620 e. The van der Waals surface area contributed by atoms with Crippen LogP contribution in [0, 0.1) is 10.4 Å². The molecule has 0 fully saturated rings. The van der Waals surface area contributed by atoms with Gasteiger partial charge in [-0.15, -0.1) is 0 Å². The Balaban J connectivity index is 1.90. The summed E-state index contributed by atoms with van der Waals surface area (Å²) in [7, 11) is 2.54. The van der Waals surface area contributed by atoms with E-state index in [1.807, 2.05) is 0 Å². The maximum Gasteiger partial charge on any atom is 0.363 e. The normalized spacial score (nSPS) is 16.5. The van der Waals surface area contributed by atoms with Crippen LogP contribution in [0.3, 0.4) is 0 Å². The zero-order valence-corrected chi connectivity index (χ0v) is 13.5. The Morgan fingerprint density at radius 3 is 2.91 bits per heavy atom. The molecule has 0 aliphatic carbocycles. The van der Waals surface area contributed by atoms with Crippen molar-refractivity contribution in [1.29, 1.82) is 0 Å². The van der Waals surface area contributed by atoms with Crippen LogP contribution in [0.1, 0.15) is 19.3 Å². The summed E-state index contributed by atoms with van der Waals surface area (Å²) < 4.78 is 1.63. The largest absolute Gasteiger partial charge is 0.620 e. The molecule has 0 saturated heterocycles. The van der Waals surface area contributed by atoms with Crippen LogP contribution in [0.25, 0.3) is 0 Å². The Bertz CT molecular complexity index is 568. The van der Waals surface area contributed by atoms with Gasteiger partial charge in [-0.05, 0) is 12.5 Å². The summed E-state index contributed by atoms with van der Waals surface area (Å²) in [6, 6.07) is 4.34. The molecule has 7 nitrogen and oxygen atoms in total. The molecule has 120 valence electrons. The van der Waals surface area contributed by atoms with Gasteiger partial charge in [0.25, 0.3) is 5.03 Å². The third-order valence-corrected chi connectivity index (χ3v) is 5.63. The highest BCUT2D eigenvalue weighted by atomic mass is 33.1. The zero-order chi connectivity index (χ0) is 15.9. The number of carbonyl (C=O) groups is 1. The smallest absolute Gasteiger partial charge is 0.363 e. The second-order valence-corrected chi connectivity index (χ2v) is 7.26. The molecule has 3 N–H and O–H groups in total. The zero-order valence-electron chi connectivity index (χ0n) is 11.9. The Hall–Kier alpha value is -1.45. The highest BCUT2D eigenvalue weighted by Gasteiger charge is 2.29. The highest BCUT2D eigenvalue weighted by molar-refractivity contribution is 8.76. The van der Waals surface area contributed by atoms with E-state index in [0.717, 1.165) is 22.3 Å². The second kappa shape index (κ2) is 8.25. The molecule has 0 bridgehead atoms. The molecular formula is C13H18N3O4S2+. The van der Waals surface area contributed by atoms with Crippen molar-refractivity contribution in [3.8, 4) is 0 Å². The average molecular weight is 344 g/mol. The van der Waals surface area contributed by atoms with E-state index in [4.69, 9.17) is 0 Å². The molecule has 2 heterocycles. The quantitative estimate of drug-likeness (QED) is 0.433. The number of hydroxylamine groups is 1. The Labute approximate surface area is 136 Å². The summed E-state index contributed by atoms with van der Waals surface area (Å²) in [6.45, 7) is 0.431. The third-order valence-electron chi connectivity index (χ3n) is 3.26. The van der Waals surface area contributed by atoms with E-state index >= 15 is 0 Å². The monoisotopic (exact) mass is 344 g/mol. The van der Waals surface area contributed by atoms with Crippen LogP contribution in [0.5, 0.6) is 0 Å². The molecule has 22 heavy (non-hydrogen) atoms. The third kappa shape index (κ3) is 4.79. The van der Waals surface area contributed by atoms with Gasteiger partial charge in [0.05, 0.1) is 12.2 Å². The van der Waals surface area contributed by atoms with Crippen molar-refractivity contribution < 1.29 is 24.7 Å². The van der Waals surface area contributed by atoms with Crippen LogP contribution in [0.4, 0.5) is 0 Å². The molecule has 1 atom stereocenters. The number of nitrogens with zero attached hydrogens (tertiary/aromatic N) is 2. The molecule has 9 heteroatoms. The van der Waals surface area contributed by atoms with Crippen molar-refractivity contribution in [2.75, 3.05) is 12.3 Å². The van der Waals surface area contributed by atoms with Crippen LogP contribution in [0.2, 0.25) is 0 Å². The molecule has 0 spiro atoms.